The van der Waals surface area contributed by atoms with Crippen molar-refractivity contribution in [3.63, 3.8) is 0 Å². The first-order valence-electron chi connectivity index (χ1n) is 8.37. The molecule has 4 rings (SSSR count). The van der Waals surface area contributed by atoms with E-state index in [1.165, 1.54) is 11.1 Å². The maximum absolute atomic E-state index is 5.59. The van der Waals surface area contributed by atoms with Crippen LogP contribution in [0.2, 0.25) is 0 Å². The maximum Gasteiger partial charge on any atom is 0.260 e. The van der Waals surface area contributed by atoms with Gasteiger partial charge in [0.2, 0.25) is 5.82 Å². The number of hydrogen-bond donors (Lipinski definition) is 1. The molecule has 26 heavy (non-hydrogen) atoms. The molecule has 0 spiro atoms. The molecule has 3 aromatic rings. The van der Waals surface area contributed by atoms with E-state index in [1.54, 1.807) is 7.11 Å². The summed E-state index contributed by atoms with van der Waals surface area (Å²) in [4.78, 5) is 9.14. The topological polar surface area (TPSA) is 73.1 Å². The van der Waals surface area contributed by atoms with Crippen LogP contribution in [0.15, 0.2) is 41.1 Å². The van der Waals surface area contributed by atoms with E-state index in [0.29, 0.717) is 11.7 Å². The molecule has 3 heterocycles. The van der Waals surface area contributed by atoms with Crippen LogP contribution in [-0.2, 0) is 17.7 Å². The van der Waals surface area contributed by atoms with Crippen molar-refractivity contribution in [2.45, 2.75) is 26.0 Å². The summed E-state index contributed by atoms with van der Waals surface area (Å²) < 4.78 is 11.1. The number of hydrogen-bond acceptors (Lipinski definition) is 6. The third kappa shape index (κ3) is 3.35. The lowest BCUT2D eigenvalue weighted by Crippen LogP contribution is -2.24. The zero-order valence-corrected chi connectivity index (χ0v) is 15.5. The fourth-order valence-electron chi connectivity index (χ4n) is 3.32. The van der Waals surface area contributed by atoms with Crippen molar-refractivity contribution in [3.05, 3.63) is 64.8 Å². The molecular weight excluding hydrogens is 352 g/mol. The van der Waals surface area contributed by atoms with Gasteiger partial charge in [-0.15, -0.1) is 12.4 Å². The number of nitrogens with zero attached hydrogens (tertiary/aromatic N) is 3. The number of benzene rings is 1. The Bertz CT molecular complexity index is 883. The summed E-state index contributed by atoms with van der Waals surface area (Å²) in [7, 11) is 1.64. The Balaban J connectivity index is 0.00000196. The first-order valence-corrected chi connectivity index (χ1v) is 8.37. The number of ether oxygens (including phenoxy) is 1. The van der Waals surface area contributed by atoms with Crippen molar-refractivity contribution >= 4 is 12.4 Å². The van der Waals surface area contributed by atoms with Crippen LogP contribution in [0.1, 0.15) is 34.4 Å². The molecule has 0 aliphatic carbocycles. The molecule has 0 saturated heterocycles. The highest BCUT2D eigenvalue weighted by Gasteiger charge is 2.24. The molecular formula is C19H21ClN4O2. The molecule has 0 saturated carbocycles. The number of aromatic nitrogens is 3. The summed E-state index contributed by atoms with van der Waals surface area (Å²) in [5.41, 5.74) is 5.34. The summed E-state index contributed by atoms with van der Waals surface area (Å²) in [5.74, 6) is 1.03. The molecule has 1 aliphatic rings. The number of fused-ring (bicyclic) bond motifs is 1. The predicted octanol–water partition coefficient (Wildman–Crippen LogP) is 3.24. The van der Waals surface area contributed by atoms with E-state index in [1.807, 2.05) is 43.5 Å². The predicted molar refractivity (Wildman–Crippen MR) is 100 cm³/mol. The minimum atomic E-state index is -0.378. The second-order valence-electron chi connectivity index (χ2n) is 6.13. The van der Waals surface area contributed by atoms with Gasteiger partial charge < -0.3 is 14.6 Å². The van der Waals surface area contributed by atoms with Gasteiger partial charge in [0, 0.05) is 31.1 Å². The third-order valence-corrected chi connectivity index (χ3v) is 4.56. The SMILES string of the molecule is CO[C@@H](c1ccccc1)c1nc(-c2c(C)ncc3c2CCNC3)no1.Cl. The zero-order valence-electron chi connectivity index (χ0n) is 14.7. The molecule has 0 unspecified atom stereocenters. The van der Waals surface area contributed by atoms with Crippen LogP contribution in [0.25, 0.3) is 11.4 Å². The largest absolute Gasteiger partial charge is 0.367 e. The van der Waals surface area contributed by atoms with Gasteiger partial charge in [0.15, 0.2) is 6.10 Å². The molecule has 1 aliphatic heterocycles. The highest BCUT2D eigenvalue weighted by molar-refractivity contribution is 5.85. The molecule has 7 heteroatoms. The van der Waals surface area contributed by atoms with E-state index in [0.717, 1.165) is 36.3 Å². The van der Waals surface area contributed by atoms with Gasteiger partial charge in [0.25, 0.3) is 5.89 Å². The number of rotatable bonds is 4. The number of halogens is 1. The van der Waals surface area contributed by atoms with E-state index < -0.39 is 0 Å². The maximum atomic E-state index is 5.59. The van der Waals surface area contributed by atoms with Crippen LogP contribution < -0.4 is 5.32 Å². The molecule has 2 aromatic heterocycles. The van der Waals surface area contributed by atoms with E-state index in [4.69, 9.17) is 9.26 Å². The van der Waals surface area contributed by atoms with Gasteiger partial charge in [-0.3, -0.25) is 4.98 Å². The molecule has 1 aromatic carbocycles. The number of nitrogens with one attached hydrogen (secondary N) is 1. The summed E-state index contributed by atoms with van der Waals surface area (Å²) in [6.45, 7) is 3.75. The first-order chi connectivity index (χ1) is 12.3. The Morgan fingerprint density at radius 1 is 1.23 bits per heavy atom. The highest BCUT2D eigenvalue weighted by Crippen LogP contribution is 2.31. The van der Waals surface area contributed by atoms with Crippen molar-refractivity contribution in [3.8, 4) is 11.4 Å². The van der Waals surface area contributed by atoms with Gasteiger partial charge >= 0.3 is 0 Å². The number of aryl methyl sites for hydroxylation is 1. The first kappa shape index (κ1) is 18.5. The molecule has 0 amide bonds. The van der Waals surface area contributed by atoms with Crippen LogP contribution in [0, 0.1) is 6.92 Å². The van der Waals surface area contributed by atoms with Crippen molar-refractivity contribution in [1.29, 1.82) is 0 Å². The Morgan fingerprint density at radius 3 is 2.81 bits per heavy atom. The average Bonchev–Trinajstić information content (AvgIpc) is 3.12. The Hall–Kier alpha value is -2.28. The van der Waals surface area contributed by atoms with Crippen molar-refractivity contribution < 1.29 is 9.26 Å². The lowest BCUT2D eigenvalue weighted by molar-refractivity contribution is 0.105. The Morgan fingerprint density at radius 2 is 2.04 bits per heavy atom. The summed E-state index contributed by atoms with van der Waals surface area (Å²) in [5, 5.41) is 7.59. The monoisotopic (exact) mass is 372 g/mol. The van der Waals surface area contributed by atoms with Gasteiger partial charge in [-0.05, 0) is 36.6 Å². The molecule has 0 bridgehead atoms. The zero-order chi connectivity index (χ0) is 17.2. The Kier molecular flexibility index (Phi) is 5.66. The van der Waals surface area contributed by atoms with E-state index in [-0.39, 0.29) is 18.5 Å². The van der Waals surface area contributed by atoms with Gasteiger partial charge in [0.05, 0.1) is 0 Å². The van der Waals surface area contributed by atoms with E-state index >= 15 is 0 Å². The smallest absolute Gasteiger partial charge is 0.260 e. The normalized spacial score (nSPS) is 14.4. The molecule has 0 radical (unpaired) electrons. The average molecular weight is 373 g/mol. The minimum absolute atomic E-state index is 0. The molecule has 6 nitrogen and oxygen atoms in total. The molecule has 1 N–H and O–H groups in total. The van der Waals surface area contributed by atoms with Crippen LogP contribution in [0.4, 0.5) is 0 Å². The van der Waals surface area contributed by atoms with Crippen LogP contribution in [0.3, 0.4) is 0 Å². The van der Waals surface area contributed by atoms with Gasteiger partial charge in [-0.2, -0.15) is 4.98 Å². The van der Waals surface area contributed by atoms with Crippen molar-refractivity contribution in [2.24, 2.45) is 0 Å². The van der Waals surface area contributed by atoms with Gasteiger partial charge in [0.1, 0.15) is 0 Å². The summed E-state index contributed by atoms with van der Waals surface area (Å²) >= 11 is 0. The lowest BCUT2D eigenvalue weighted by Gasteiger charge is -2.19. The number of pyridine rings is 1. The van der Waals surface area contributed by atoms with Gasteiger partial charge in [-0.25, -0.2) is 0 Å². The van der Waals surface area contributed by atoms with Crippen molar-refractivity contribution in [2.75, 3.05) is 13.7 Å². The Labute approximate surface area is 158 Å². The molecule has 136 valence electrons. The molecule has 1 atom stereocenters. The second-order valence-corrected chi connectivity index (χ2v) is 6.13. The molecule has 0 fully saturated rings. The third-order valence-electron chi connectivity index (χ3n) is 4.56. The fourth-order valence-corrected chi connectivity index (χ4v) is 3.32. The van der Waals surface area contributed by atoms with E-state index in [9.17, 15) is 0 Å². The van der Waals surface area contributed by atoms with Crippen LogP contribution in [-0.4, -0.2) is 28.8 Å². The standard InChI is InChI=1S/C19H20N4O2.ClH/c1-12-16(15-8-9-20-10-14(15)11-21-12)18-22-19(25-23-18)17(24-2)13-6-4-3-5-7-13;/h3-7,11,17,20H,8-10H2,1-2H3;1H/t17-;/m0./s1. The highest BCUT2D eigenvalue weighted by atomic mass is 35.5. The summed E-state index contributed by atoms with van der Waals surface area (Å²) in [6, 6.07) is 9.87. The summed E-state index contributed by atoms with van der Waals surface area (Å²) in [6.07, 6.45) is 2.49. The van der Waals surface area contributed by atoms with Gasteiger partial charge in [-0.1, -0.05) is 35.5 Å². The lowest BCUT2D eigenvalue weighted by atomic mass is 9.95. The van der Waals surface area contributed by atoms with Crippen LogP contribution >= 0.6 is 12.4 Å². The van der Waals surface area contributed by atoms with E-state index in [2.05, 4.69) is 20.4 Å². The number of methoxy groups -OCH3 is 1. The second kappa shape index (κ2) is 7.95. The van der Waals surface area contributed by atoms with Crippen molar-refractivity contribution in [1.82, 2.24) is 20.4 Å². The van der Waals surface area contributed by atoms with Crippen LogP contribution in [0.5, 0.6) is 0 Å². The fraction of sp³-hybridized carbons (Fsp3) is 0.316. The minimum Gasteiger partial charge on any atom is -0.367 e. The quantitative estimate of drug-likeness (QED) is 0.757.